The second-order valence-corrected chi connectivity index (χ2v) is 6.83. The smallest absolute Gasteiger partial charge is 0.254 e. The van der Waals surface area contributed by atoms with Gasteiger partial charge in [0.2, 0.25) is 5.95 Å². The topological polar surface area (TPSA) is 79.8 Å². The molecule has 27 heavy (non-hydrogen) atoms. The first-order valence-electron chi connectivity index (χ1n) is 9.06. The van der Waals surface area contributed by atoms with Crippen molar-refractivity contribution in [3.05, 3.63) is 77.9 Å². The first-order chi connectivity index (χ1) is 13.2. The summed E-state index contributed by atoms with van der Waals surface area (Å²) in [4.78, 5) is 25.6. The summed E-state index contributed by atoms with van der Waals surface area (Å²) in [7, 11) is 0. The Morgan fingerprint density at radius 2 is 1.81 bits per heavy atom. The minimum Gasteiger partial charge on any atom is -0.343 e. The molecule has 6 heteroatoms. The average molecular weight is 359 g/mol. The van der Waals surface area contributed by atoms with Crippen molar-refractivity contribution < 1.29 is 4.79 Å². The molecule has 1 saturated carbocycles. The molecule has 1 atom stereocenters. The van der Waals surface area contributed by atoms with Gasteiger partial charge >= 0.3 is 0 Å². The van der Waals surface area contributed by atoms with E-state index in [4.69, 9.17) is 0 Å². The molecule has 136 valence electrons. The molecule has 1 aliphatic carbocycles. The highest BCUT2D eigenvalue weighted by atomic mass is 16.1. The van der Waals surface area contributed by atoms with E-state index in [1.54, 1.807) is 18.6 Å². The van der Waals surface area contributed by atoms with Crippen LogP contribution in [0.25, 0.3) is 0 Å². The maximum Gasteiger partial charge on any atom is 0.254 e. The zero-order valence-corrected chi connectivity index (χ0v) is 15.1. The van der Waals surface area contributed by atoms with Gasteiger partial charge in [-0.3, -0.25) is 9.78 Å². The van der Waals surface area contributed by atoms with Crippen LogP contribution in [0.5, 0.6) is 0 Å². The van der Waals surface area contributed by atoms with E-state index >= 15 is 0 Å². The number of hydrogen-bond acceptors (Lipinski definition) is 5. The van der Waals surface area contributed by atoms with Crippen molar-refractivity contribution in [3.63, 3.8) is 0 Å². The standard InChI is InChI=1S/C21H21N5O/c1-14-9-10-22-18(11-14)19(15-7-8-15)26-20(27)16-12-23-21(24-13-16)25-17-5-3-2-4-6-17/h2-6,9-13,15,19H,7-8H2,1H3,(H,26,27)(H,23,24,25). The first-order valence-corrected chi connectivity index (χ1v) is 9.06. The van der Waals surface area contributed by atoms with Crippen LogP contribution in [0.2, 0.25) is 0 Å². The number of anilines is 2. The Morgan fingerprint density at radius 3 is 2.48 bits per heavy atom. The molecule has 1 fully saturated rings. The largest absolute Gasteiger partial charge is 0.343 e. The van der Waals surface area contributed by atoms with Gasteiger partial charge in [-0.05, 0) is 55.5 Å². The van der Waals surface area contributed by atoms with E-state index in [1.807, 2.05) is 49.4 Å². The molecular formula is C21H21N5O. The summed E-state index contributed by atoms with van der Waals surface area (Å²) < 4.78 is 0. The van der Waals surface area contributed by atoms with Gasteiger partial charge in [0, 0.05) is 24.3 Å². The molecular weight excluding hydrogens is 338 g/mol. The molecule has 0 saturated heterocycles. The molecule has 1 aromatic carbocycles. The van der Waals surface area contributed by atoms with Gasteiger partial charge in [-0.15, -0.1) is 0 Å². The molecule has 1 unspecified atom stereocenters. The summed E-state index contributed by atoms with van der Waals surface area (Å²) in [5.41, 5.74) is 3.38. The molecule has 0 bridgehead atoms. The number of amides is 1. The van der Waals surface area contributed by atoms with Crippen molar-refractivity contribution in [2.45, 2.75) is 25.8 Å². The van der Waals surface area contributed by atoms with E-state index in [1.165, 1.54) is 0 Å². The van der Waals surface area contributed by atoms with Gasteiger partial charge in [-0.25, -0.2) is 9.97 Å². The van der Waals surface area contributed by atoms with E-state index in [-0.39, 0.29) is 11.9 Å². The number of nitrogens with one attached hydrogen (secondary N) is 2. The molecule has 2 aromatic heterocycles. The van der Waals surface area contributed by atoms with Crippen molar-refractivity contribution in [1.29, 1.82) is 0 Å². The van der Waals surface area contributed by atoms with Gasteiger partial charge in [0.1, 0.15) is 0 Å². The Hall–Kier alpha value is -3.28. The zero-order chi connectivity index (χ0) is 18.6. The maximum absolute atomic E-state index is 12.7. The number of hydrogen-bond donors (Lipinski definition) is 2. The van der Waals surface area contributed by atoms with Crippen molar-refractivity contribution in [2.24, 2.45) is 5.92 Å². The Kier molecular flexibility index (Phi) is 4.78. The zero-order valence-electron chi connectivity index (χ0n) is 15.1. The number of aryl methyl sites for hydroxylation is 1. The molecule has 0 spiro atoms. The number of rotatable bonds is 6. The van der Waals surface area contributed by atoms with E-state index in [2.05, 4.69) is 25.6 Å². The molecule has 2 heterocycles. The van der Waals surface area contributed by atoms with Crippen molar-refractivity contribution in [2.75, 3.05) is 5.32 Å². The van der Waals surface area contributed by atoms with E-state index in [0.717, 1.165) is 29.8 Å². The van der Waals surface area contributed by atoms with Crippen LogP contribution in [-0.4, -0.2) is 20.9 Å². The number of aromatic nitrogens is 3. The number of nitrogens with zero attached hydrogens (tertiary/aromatic N) is 3. The average Bonchev–Trinajstić information content (AvgIpc) is 3.52. The molecule has 0 radical (unpaired) electrons. The van der Waals surface area contributed by atoms with Crippen molar-refractivity contribution in [3.8, 4) is 0 Å². The Bertz CT molecular complexity index is 923. The number of carbonyl (C=O) groups excluding carboxylic acids is 1. The maximum atomic E-state index is 12.7. The van der Waals surface area contributed by atoms with Crippen LogP contribution >= 0.6 is 0 Å². The van der Waals surface area contributed by atoms with Crippen LogP contribution < -0.4 is 10.6 Å². The predicted molar refractivity (Wildman–Crippen MR) is 104 cm³/mol. The lowest BCUT2D eigenvalue weighted by molar-refractivity contribution is 0.0930. The third-order valence-electron chi connectivity index (χ3n) is 4.58. The molecule has 2 N–H and O–H groups in total. The van der Waals surface area contributed by atoms with Gasteiger partial charge in [0.25, 0.3) is 5.91 Å². The molecule has 6 nitrogen and oxygen atoms in total. The lowest BCUT2D eigenvalue weighted by Crippen LogP contribution is -2.30. The van der Waals surface area contributed by atoms with Crippen molar-refractivity contribution in [1.82, 2.24) is 20.3 Å². The highest BCUT2D eigenvalue weighted by molar-refractivity contribution is 5.94. The summed E-state index contributed by atoms with van der Waals surface area (Å²) in [6, 6.07) is 13.6. The van der Waals surface area contributed by atoms with E-state index in [0.29, 0.717) is 17.4 Å². The van der Waals surface area contributed by atoms with Crippen LogP contribution in [0, 0.1) is 12.8 Å². The summed E-state index contributed by atoms with van der Waals surface area (Å²) in [5, 5.41) is 6.21. The van der Waals surface area contributed by atoms with Crippen LogP contribution in [-0.2, 0) is 0 Å². The quantitative estimate of drug-likeness (QED) is 0.700. The highest BCUT2D eigenvalue weighted by Gasteiger charge is 2.34. The molecule has 1 amide bonds. The number of para-hydroxylation sites is 1. The summed E-state index contributed by atoms with van der Waals surface area (Å²) in [6.45, 7) is 2.03. The fraction of sp³-hybridized carbons (Fsp3) is 0.238. The monoisotopic (exact) mass is 359 g/mol. The molecule has 4 rings (SSSR count). The summed E-state index contributed by atoms with van der Waals surface area (Å²) >= 11 is 0. The lowest BCUT2D eigenvalue weighted by atomic mass is 10.1. The van der Waals surface area contributed by atoms with Gasteiger partial charge in [-0.2, -0.15) is 0 Å². The first kappa shape index (κ1) is 17.1. The van der Waals surface area contributed by atoms with E-state index < -0.39 is 0 Å². The van der Waals surface area contributed by atoms with Gasteiger partial charge in [0.15, 0.2) is 0 Å². The van der Waals surface area contributed by atoms with Crippen LogP contribution in [0.15, 0.2) is 61.1 Å². The van der Waals surface area contributed by atoms with Crippen LogP contribution in [0.4, 0.5) is 11.6 Å². The normalized spacial score (nSPS) is 14.4. The van der Waals surface area contributed by atoms with Crippen LogP contribution in [0.1, 0.15) is 40.5 Å². The fourth-order valence-electron chi connectivity index (χ4n) is 2.98. The van der Waals surface area contributed by atoms with Crippen molar-refractivity contribution >= 4 is 17.5 Å². The minimum atomic E-state index is -0.179. The lowest BCUT2D eigenvalue weighted by Gasteiger charge is -2.18. The Balaban J connectivity index is 1.45. The molecule has 3 aromatic rings. The summed E-state index contributed by atoms with van der Waals surface area (Å²) in [5.74, 6) is 0.724. The van der Waals surface area contributed by atoms with E-state index in [9.17, 15) is 4.79 Å². The van der Waals surface area contributed by atoms with Gasteiger partial charge in [0.05, 0.1) is 17.3 Å². The molecule has 1 aliphatic rings. The SMILES string of the molecule is Cc1ccnc(C(NC(=O)c2cnc(Nc3ccccc3)nc2)C2CC2)c1. The predicted octanol–water partition coefficient (Wildman–Crippen LogP) is 3.80. The number of pyridine rings is 1. The molecule has 0 aliphatic heterocycles. The Morgan fingerprint density at radius 1 is 1.07 bits per heavy atom. The number of carbonyl (C=O) groups is 1. The van der Waals surface area contributed by atoms with Crippen LogP contribution in [0.3, 0.4) is 0 Å². The Labute approximate surface area is 158 Å². The second-order valence-electron chi connectivity index (χ2n) is 6.83. The second kappa shape index (κ2) is 7.53. The number of benzene rings is 1. The van der Waals surface area contributed by atoms with Gasteiger partial charge < -0.3 is 10.6 Å². The van der Waals surface area contributed by atoms with Gasteiger partial charge in [-0.1, -0.05) is 18.2 Å². The third kappa shape index (κ3) is 4.28. The minimum absolute atomic E-state index is 0.0699. The fourth-order valence-corrected chi connectivity index (χ4v) is 2.98. The summed E-state index contributed by atoms with van der Waals surface area (Å²) in [6.07, 6.45) is 7.09. The third-order valence-corrected chi connectivity index (χ3v) is 4.58. The highest BCUT2D eigenvalue weighted by Crippen LogP contribution is 2.40.